The lowest BCUT2D eigenvalue weighted by molar-refractivity contribution is 0.182. The van der Waals surface area contributed by atoms with Gasteiger partial charge in [0.2, 0.25) is 10.0 Å². The van der Waals surface area contributed by atoms with Gasteiger partial charge in [-0.2, -0.15) is 4.31 Å². The summed E-state index contributed by atoms with van der Waals surface area (Å²) in [5, 5.41) is 0. The van der Waals surface area contributed by atoms with E-state index in [0.717, 1.165) is 23.4 Å². The van der Waals surface area contributed by atoms with Crippen molar-refractivity contribution in [1.29, 1.82) is 0 Å². The van der Waals surface area contributed by atoms with Crippen molar-refractivity contribution in [2.45, 2.75) is 37.2 Å². The van der Waals surface area contributed by atoms with Crippen LogP contribution in [0.2, 0.25) is 0 Å². The van der Waals surface area contributed by atoms with Crippen LogP contribution in [0.4, 0.5) is 8.78 Å². The van der Waals surface area contributed by atoms with Crippen molar-refractivity contribution < 1.29 is 21.9 Å². The van der Waals surface area contributed by atoms with Gasteiger partial charge in [0.15, 0.2) is 0 Å². The molecule has 146 valence electrons. The Kier molecular flexibility index (Phi) is 5.83. The normalized spacial score (nSPS) is 16.6. The van der Waals surface area contributed by atoms with Gasteiger partial charge in [-0.3, -0.25) is 0 Å². The molecule has 3 rings (SSSR count). The van der Waals surface area contributed by atoms with E-state index in [0.29, 0.717) is 31.3 Å². The van der Waals surface area contributed by atoms with Crippen molar-refractivity contribution in [2.75, 3.05) is 20.2 Å². The van der Waals surface area contributed by atoms with Crippen molar-refractivity contribution >= 4 is 10.0 Å². The zero-order valence-electron chi connectivity index (χ0n) is 15.2. The van der Waals surface area contributed by atoms with E-state index in [4.69, 9.17) is 4.74 Å². The molecule has 2 aromatic rings. The molecule has 0 radical (unpaired) electrons. The maximum Gasteiger partial charge on any atom is 0.245 e. The van der Waals surface area contributed by atoms with Crippen molar-refractivity contribution in [3.05, 3.63) is 53.1 Å². The highest BCUT2D eigenvalue weighted by Crippen LogP contribution is 2.32. The molecule has 1 aliphatic rings. The van der Waals surface area contributed by atoms with Gasteiger partial charge < -0.3 is 4.74 Å². The van der Waals surface area contributed by atoms with Gasteiger partial charge in [-0.05, 0) is 31.9 Å². The summed E-state index contributed by atoms with van der Waals surface area (Å²) < 4.78 is 58.9. The van der Waals surface area contributed by atoms with Crippen molar-refractivity contribution in [1.82, 2.24) is 14.3 Å². The maximum absolute atomic E-state index is 13.9. The van der Waals surface area contributed by atoms with Gasteiger partial charge in [-0.15, -0.1) is 0 Å². The van der Waals surface area contributed by atoms with E-state index in [2.05, 4.69) is 9.97 Å². The van der Waals surface area contributed by atoms with Gasteiger partial charge in [0.05, 0.1) is 12.3 Å². The Bertz CT molecular complexity index is 929. The number of aromatic nitrogens is 2. The summed E-state index contributed by atoms with van der Waals surface area (Å²) in [7, 11) is -2.42. The Balaban J connectivity index is 1.78. The number of nitrogens with zero attached hydrogens (tertiary/aromatic N) is 3. The van der Waals surface area contributed by atoms with Gasteiger partial charge in [0.1, 0.15) is 22.4 Å². The summed E-state index contributed by atoms with van der Waals surface area (Å²) in [6.07, 6.45) is 2.84. The third-order valence-electron chi connectivity index (χ3n) is 4.67. The van der Waals surface area contributed by atoms with Gasteiger partial charge in [0, 0.05) is 43.9 Å². The number of benzene rings is 1. The predicted molar refractivity (Wildman–Crippen MR) is 94.6 cm³/mol. The number of piperidine rings is 1. The van der Waals surface area contributed by atoms with Gasteiger partial charge in [-0.25, -0.2) is 27.2 Å². The van der Waals surface area contributed by atoms with Crippen LogP contribution >= 0.6 is 0 Å². The molecule has 0 spiro atoms. The van der Waals surface area contributed by atoms with E-state index in [1.807, 2.05) is 0 Å². The highest BCUT2D eigenvalue weighted by molar-refractivity contribution is 7.89. The fraction of sp³-hybridized carbons (Fsp3) is 0.444. The monoisotopic (exact) mass is 397 g/mol. The molecule has 0 unspecified atom stereocenters. The average Bonchev–Trinajstić information content (AvgIpc) is 2.63. The lowest BCUT2D eigenvalue weighted by Gasteiger charge is -2.31. The second-order valence-corrected chi connectivity index (χ2v) is 8.42. The largest absolute Gasteiger partial charge is 0.380 e. The molecule has 1 aliphatic heterocycles. The minimum absolute atomic E-state index is 0.0707. The number of hydrogen-bond acceptors (Lipinski definition) is 5. The Hall–Kier alpha value is -1.97. The summed E-state index contributed by atoms with van der Waals surface area (Å²) in [5.74, 6) is -1.17. The smallest absolute Gasteiger partial charge is 0.245 e. The molecule has 0 N–H and O–H groups in total. The zero-order chi connectivity index (χ0) is 19.6. The Morgan fingerprint density at radius 1 is 1.26 bits per heavy atom. The van der Waals surface area contributed by atoms with Crippen LogP contribution in [0, 0.1) is 18.6 Å². The van der Waals surface area contributed by atoms with Crippen LogP contribution < -0.4 is 0 Å². The summed E-state index contributed by atoms with van der Waals surface area (Å²) in [6.45, 7) is 2.66. The highest BCUT2D eigenvalue weighted by Gasteiger charge is 2.33. The standard InChI is InChI=1S/C18H21F2N3O3S/c1-12-21-10-14(11-26-2)18(22-12)13-5-7-23(8-6-13)27(24,25)17-4-3-15(19)9-16(17)20/h3-4,9-10,13H,5-8,11H2,1-2H3. The van der Waals surface area contributed by atoms with Crippen molar-refractivity contribution in [2.24, 2.45) is 0 Å². The Morgan fingerprint density at radius 2 is 1.96 bits per heavy atom. The van der Waals surface area contributed by atoms with Crippen LogP contribution in [0.1, 0.15) is 35.8 Å². The molecule has 1 aromatic carbocycles. The van der Waals surface area contributed by atoms with E-state index in [9.17, 15) is 17.2 Å². The molecule has 1 fully saturated rings. The number of aryl methyl sites for hydroxylation is 1. The van der Waals surface area contributed by atoms with E-state index in [-0.39, 0.29) is 19.0 Å². The first-order valence-electron chi connectivity index (χ1n) is 8.59. The molecule has 1 aromatic heterocycles. The van der Waals surface area contributed by atoms with E-state index in [1.54, 1.807) is 20.2 Å². The minimum Gasteiger partial charge on any atom is -0.380 e. The topological polar surface area (TPSA) is 72.4 Å². The fourth-order valence-corrected chi connectivity index (χ4v) is 4.84. The van der Waals surface area contributed by atoms with Crippen LogP contribution in [-0.4, -0.2) is 42.9 Å². The molecule has 9 heteroatoms. The first kappa shape index (κ1) is 19.8. The summed E-state index contributed by atoms with van der Waals surface area (Å²) in [5.41, 5.74) is 1.75. The molecule has 0 aliphatic carbocycles. The minimum atomic E-state index is -4.01. The highest BCUT2D eigenvalue weighted by atomic mass is 32.2. The molecule has 27 heavy (non-hydrogen) atoms. The number of methoxy groups -OCH3 is 1. The first-order chi connectivity index (χ1) is 12.8. The maximum atomic E-state index is 13.9. The van der Waals surface area contributed by atoms with Crippen molar-refractivity contribution in [3.8, 4) is 0 Å². The van der Waals surface area contributed by atoms with Gasteiger partial charge in [0.25, 0.3) is 0 Å². The van der Waals surface area contributed by atoms with Crippen LogP contribution in [0.15, 0.2) is 29.3 Å². The van der Waals surface area contributed by atoms with Crippen LogP contribution in [0.3, 0.4) is 0 Å². The Labute approximate surface area is 157 Å². The number of sulfonamides is 1. The summed E-state index contributed by atoms with van der Waals surface area (Å²) in [6, 6.07) is 2.50. The molecule has 0 amide bonds. The van der Waals surface area contributed by atoms with Crippen LogP contribution in [-0.2, 0) is 21.4 Å². The molecular formula is C18H21F2N3O3S. The van der Waals surface area contributed by atoms with Gasteiger partial charge >= 0.3 is 0 Å². The number of halogens is 2. The fourth-order valence-electron chi connectivity index (χ4n) is 3.33. The summed E-state index contributed by atoms with van der Waals surface area (Å²) >= 11 is 0. The first-order valence-corrected chi connectivity index (χ1v) is 10.0. The zero-order valence-corrected chi connectivity index (χ0v) is 16.0. The average molecular weight is 397 g/mol. The second kappa shape index (κ2) is 7.95. The lowest BCUT2D eigenvalue weighted by atomic mass is 9.92. The predicted octanol–water partition coefficient (Wildman–Crippen LogP) is 2.78. The number of ether oxygens (including phenoxy) is 1. The molecule has 2 heterocycles. The van der Waals surface area contributed by atoms with Gasteiger partial charge in [-0.1, -0.05) is 0 Å². The van der Waals surface area contributed by atoms with E-state index in [1.165, 1.54) is 4.31 Å². The van der Waals surface area contributed by atoms with Crippen LogP contribution in [0.5, 0.6) is 0 Å². The molecule has 0 atom stereocenters. The van der Waals surface area contributed by atoms with Crippen LogP contribution in [0.25, 0.3) is 0 Å². The Morgan fingerprint density at radius 3 is 2.59 bits per heavy atom. The molecule has 6 nitrogen and oxygen atoms in total. The third kappa shape index (κ3) is 4.15. The number of rotatable bonds is 5. The van der Waals surface area contributed by atoms with Crippen molar-refractivity contribution in [3.63, 3.8) is 0 Å². The SMILES string of the molecule is COCc1cnc(C)nc1C1CCN(S(=O)(=O)c2ccc(F)cc2F)CC1. The summed E-state index contributed by atoms with van der Waals surface area (Å²) in [4.78, 5) is 8.22. The second-order valence-electron chi connectivity index (χ2n) is 6.51. The third-order valence-corrected chi connectivity index (χ3v) is 6.60. The molecular weight excluding hydrogens is 376 g/mol. The number of hydrogen-bond donors (Lipinski definition) is 0. The molecule has 0 bridgehead atoms. The van der Waals surface area contributed by atoms with E-state index >= 15 is 0 Å². The quantitative estimate of drug-likeness (QED) is 0.776. The lowest BCUT2D eigenvalue weighted by Crippen LogP contribution is -2.38. The molecule has 0 saturated carbocycles. The molecule has 1 saturated heterocycles. The van der Waals surface area contributed by atoms with E-state index < -0.39 is 26.6 Å².